The molecule has 11 heteroatoms. The van der Waals surface area contributed by atoms with Crippen molar-refractivity contribution in [3.8, 4) is 22.9 Å². The predicted octanol–water partition coefficient (Wildman–Crippen LogP) is 2.83. The lowest BCUT2D eigenvalue weighted by atomic mass is 9.86. The number of hydrogen-bond acceptors (Lipinski definition) is 9. The number of fused-ring (bicyclic) bond motifs is 6. The Labute approximate surface area is 217 Å². The summed E-state index contributed by atoms with van der Waals surface area (Å²) < 4.78 is 23.3. The molecule has 1 unspecified atom stereocenters. The van der Waals surface area contributed by atoms with Crippen molar-refractivity contribution in [1.29, 1.82) is 0 Å². The van der Waals surface area contributed by atoms with Crippen LogP contribution in [0.1, 0.15) is 56.4 Å². The van der Waals surface area contributed by atoms with E-state index < -0.39 is 23.3 Å². The third-order valence-electron chi connectivity index (χ3n) is 7.11. The third-order valence-corrected chi connectivity index (χ3v) is 7.11. The molecule has 2 N–H and O–H groups in total. The molecule has 0 saturated carbocycles. The molecule has 1 atom stereocenters. The number of nitrogens with one attached hydrogen (secondary N) is 1. The van der Waals surface area contributed by atoms with E-state index in [1.807, 2.05) is 6.07 Å². The molecule has 0 aliphatic carbocycles. The van der Waals surface area contributed by atoms with Gasteiger partial charge in [0.25, 0.3) is 5.56 Å². The molecule has 3 aliphatic rings. The van der Waals surface area contributed by atoms with Crippen LogP contribution in [0, 0.1) is 0 Å². The van der Waals surface area contributed by atoms with E-state index in [4.69, 9.17) is 23.9 Å². The van der Waals surface area contributed by atoms with Gasteiger partial charge in [-0.3, -0.25) is 4.79 Å². The molecule has 198 valence electrons. The van der Waals surface area contributed by atoms with E-state index in [0.29, 0.717) is 28.4 Å². The van der Waals surface area contributed by atoms with E-state index in [2.05, 4.69) is 5.32 Å². The van der Waals surface area contributed by atoms with Gasteiger partial charge in [-0.15, -0.1) is 0 Å². The Balaban J connectivity index is 1.53. The highest BCUT2D eigenvalue weighted by molar-refractivity contribution is 5.91. The lowest BCUT2D eigenvalue weighted by Gasteiger charge is -2.31. The van der Waals surface area contributed by atoms with Gasteiger partial charge in [-0.25, -0.2) is 14.6 Å². The Morgan fingerprint density at radius 3 is 2.61 bits per heavy atom. The number of cyclic esters (lactones) is 1. The molecule has 1 aromatic carbocycles. The topological polar surface area (TPSA) is 138 Å². The Kier molecular flexibility index (Phi) is 5.22. The number of pyridine rings is 2. The normalized spacial score (nSPS) is 19.0. The number of rotatable bonds is 3. The summed E-state index contributed by atoms with van der Waals surface area (Å²) in [7, 11) is 0. The van der Waals surface area contributed by atoms with Crippen LogP contribution in [0.4, 0.5) is 4.79 Å². The van der Waals surface area contributed by atoms with Gasteiger partial charge < -0.3 is 33.9 Å². The third kappa shape index (κ3) is 3.60. The number of aromatic nitrogens is 2. The summed E-state index contributed by atoms with van der Waals surface area (Å²) >= 11 is 0. The summed E-state index contributed by atoms with van der Waals surface area (Å²) in [6, 6.07) is 5.23. The largest absolute Gasteiger partial charge is 0.458 e. The molecule has 0 saturated heterocycles. The van der Waals surface area contributed by atoms with Gasteiger partial charge in [-0.1, -0.05) is 6.92 Å². The number of aliphatic hydroxyl groups is 1. The molecular formula is C27H27N3O8. The molecule has 3 aliphatic heterocycles. The molecular weight excluding hydrogens is 494 g/mol. The lowest BCUT2D eigenvalue weighted by Crippen LogP contribution is -2.44. The van der Waals surface area contributed by atoms with E-state index in [1.54, 1.807) is 44.4 Å². The summed E-state index contributed by atoms with van der Waals surface area (Å²) in [5.41, 5.74) is 0.582. The highest BCUT2D eigenvalue weighted by atomic mass is 16.7. The smallest absolute Gasteiger partial charge is 0.407 e. The Morgan fingerprint density at radius 2 is 1.89 bits per heavy atom. The number of benzene rings is 1. The van der Waals surface area contributed by atoms with Gasteiger partial charge in [-0.05, 0) is 44.9 Å². The minimum Gasteiger partial charge on any atom is -0.458 e. The van der Waals surface area contributed by atoms with Gasteiger partial charge in [0.15, 0.2) is 17.1 Å². The van der Waals surface area contributed by atoms with E-state index in [0.717, 1.165) is 16.5 Å². The number of hydrogen-bond donors (Lipinski definition) is 2. The summed E-state index contributed by atoms with van der Waals surface area (Å²) in [4.78, 5) is 43.4. The van der Waals surface area contributed by atoms with Gasteiger partial charge in [-0.2, -0.15) is 0 Å². The van der Waals surface area contributed by atoms with Crippen molar-refractivity contribution in [2.75, 3.05) is 6.79 Å². The van der Waals surface area contributed by atoms with Crippen LogP contribution in [-0.4, -0.2) is 39.1 Å². The van der Waals surface area contributed by atoms with Crippen molar-refractivity contribution in [3.05, 3.63) is 50.8 Å². The number of amides is 1. The predicted molar refractivity (Wildman–Crippen MR) is 134 cm³/mol. The van der Waals surface area contributed by atoms with Crippen molar-refractivity contribution in [3.63, 3.8) is 0 Å². The van der Waals surface area contributed by atoms with Crippen LogP contribution in [0.2, 0.25) is 0 Å². The zero-order valence-electron chi connectivity index (χ0n) is 21.5. The fourth-order valence-corrected chi connectivity index (χ4v) is 5.23. The monoisotopic (exact) mass is 521 g/mol. The molecule has 1 amide bonds. The van der Waals surface area contributed by atoms with Crippen LogP contribution in [0.5, 0.6) is 11.5 Å². The van der Waals surface area contributed by atoms with Crippen molar-refractivity contribution >= 4 is 23.0 Å². The maximum atomic E-state index is 13.6. The van der Waals surface area contributed by atoms with Gasteiger partial charge in [0, 0.05) is 29.1 Å². The number of ether oxygens (including phenoxy) is 4. The van der Waals surface area contributed by atoms with Crippen molar-refractivity contribution < 1.29 is 33.6 Å². The van der Waals surface area contributed by atoms with Crippen LogP contribution < -0.4 is 20.3 Å². The van der Waals surface area contributed by atoms with Gasteiger partial charge in [0.2, 0.25) is 6.79 Å². The van der Waals surface area contributed by atoms with E-state index in [1.165, 1.54) is 0 Å². The first-order chi connectivity index (χ1) is 18.0. The second-order valence-electron chi connectivity index (χ2n) is 10.6. The molecule has 0 fully saturated rings. The van der Waals surface area contributed by atoms with Crippen LogP contribution >= 0.6 is 0 Å². The van der Waals surface area contributed by atoms with Gasteiger partial charge in [0.05, 0.1) is 29.0 Å². The quantitative estimate of drug-likeness (QED) is 0.390. The molecule has 5 heterocycles. The van der Waals surface area contributed by atoms with E-state index in [-0.39, 0.29) is 49.6 Å². The molecule has 0 bridgehead atoms. The molecule has 38 heavy (non-hydrogen) atoms. The maximum Gasteiger partial charge on any atom is 0.407 e. The number of alkyl carbamates (subject to hydrolysis) is 1. The Hall–Kier alpha value is -4.12. The molecule has 3 aromatic rings. The minimum atomic E-state index is -1.92. The first kappa shape index (κ1) is 24.2. The molecule has 0 radical (unpaired) electrons. The van der Waals surface area contributed by atoms with Crippen molar-refractivity contribution in [2.24, 2.45) is 0 Å². The Bertz CT molecular complexity index is 1600. The summed E-state index contributed by atoms with van der Waals surface area (Å²) in [5, 5.41) is 14.7. The SMILES string of the molecule is CCC1(O)C(=O)OCc2c1cc1n(c2=O)Cc2c-1nc1cc3c(cc1c2CNC(=O)OC(C)(C)C)OCO3. The molecule has 11 nitrogen and oxygen atoms in total. The molecule has 6 rings (SSSR count). The van der Waals surface area contributed by atoms with E-state index >= 15 is 0 Å². The van der Waals surface area contributed by atoms with Crippen LogP contribution in [-0.2, 0) is 39.6 Å². The standard InChI is InChI=1S/C27H27N3O8/c1-5-27(34)17-7-19-22-15(10-30(19)23(31)16(17)11-35-24(27)32)14(9-28-25(33)38-26(2,3)4)13-6-20-21(37-12-36-20)8-18(13)29-22/h6-8,34H,5,9-12H2,1-4H3,(H,28,33). The van der Waals surface area contributed by atoms with Gasteiger partial charge in [0.1, 0.15) is 12.2 Å². The summed E-state index contributed by atoms with van der Waals surface area (Å²) in [6.07, 6.45) is -0.530. The highest BCUT2D eigenvalue weighted by Crippen LogP contribution is 2.43. The van der Waals surface area contributed by atoms with Crippen LogP contribution in [0.15, 0.2) is 23.0 Å². The lowest BCUT2D eigenvalue weighted by molar-refractivity contribution is -0.172. The summed E-state index contributed by atoms with van der Waals surface area (Å²) in [5.74, 6) is 0.320. The number of carbonyl (C=O) groups excluding carboxylic acids is 2. The first-order valence-corrected chi connectivity index (χ1v) is 12.4. The average molecular weight is 522 g/mol. The first-order valence-electron chi connectivity index (χ1n) is 12.4. The zero-order chi connectivity index (χ0) is 27.0. The number of esters is 1. The van der Waals surface area contributed by atoms with Crippen molar-refractivity contribution in [1.82, 2.24) is 14.9 Å². The van der Waals surface area contributed by atoms with E-state index in [9.17, 15) is 19.5 Å². The molecule has 2 aromatic heterocycles. The van der Waals surface area contributed by atoms with Crippen LogP contribution in [0.25, 0.3) is 22.3 Å². The fraction of sp³-hybridized carbons (Fsp3) is 0.407. The minimum absolute atomic E-state index is 0.0499. The highest BCUT2D eigenvalue weighted by Gasteiger charge is 2.45. The maximum absolute atomic E-state index is 13.6. The average Bonchev–Trinajstić information content (AvgIpc) is 3.46. The second-order valence-corrected chi connectivity index (χ2v) is 10.6. The number of carbonyl (C=O) groups is 2. The zero-order valence-corrected chi connectivity index (χ0v) is 21.5. The number of nitrogens with zero attached hydrogens (tertiary/aromatic N) is 2. The molecule has 0 spiro atoms. The Morgan fingerprint density at radius 1 is 1.16 bits per heavy atom. The fourth-order valence-electron chi connectivity index (χ4n) is 5.23. The second kappa shape index (κ2) is 8.19. The van der Waals surface area contributed by atoms with Crippen molar-refractivity contribution in [2.45, 2.75) is 65.0 Å². The van der Waals surface area contributed by atoms with Crippen LogP contribution in [0.3, 0.4) is 0 Å². The summed E-state index contributed by atoms with van der Waals surface area (Å²) in [6.45, 7) is 7.18. The van der Waals surface area contributed by atoms with Gasteiger partial charge >= 0.3 is 12.1 Å².